The van der Waals surface area contributed by atoms with Crippen LogP contribution in [0.3, 0.4) is 0 Å². The van der Waals surface area contributed by atoms with Gasteiger partial charge in [0.1, 0.15) is 22.5 Å². The number of rotatable bonds is 5. The summed E-state index contributed by atoms with van der Waals surface area (Å²) in [6.45, 7) is 2.47. The van der Waals surface area contributed by atoms with Crippen LogP contribution in [0.25, 0.3) is 11.0 Å². The lowest BCUT2D eigenvalue weighted by Gasteiger charge is -2.44. The van der Waals surface area contributed by atoms with Crippen molar-refractivity contribution in [1.82, 2.24) is 15.0 Å². The highest BCUT2D eigenvalue weighted by Gasteiger charge is 2.50. The summed E-state index contributed by atoms with van der Waals surface area (Å²) >= 11 is 0. The molecule has 0 amide bonds. The lowest BCUT2D eigenvalue weighted by Crippen LogP contribution is -2.57. The molecule has 4 rings (SSSR count). The summed E-state index contributed by atoms with van der Waals surface area (Å²) in [6, 6.07) is 9.18. The molecular formula is C21H24N4O4. The molecule has 152 valence electrons. The van der Waals surface area contributed by atoms with E-state index in [-0.39, 0.29) is 13.0 Å². The Kier molecular flexibility index (Phi) is 4.87. The number of aliphatic carboxylic acids is 1. The average Bonchev–Trinajstić information content (AvgIpc) is 3.17. The van der Waals surface area contributed by atoms with Crippen LogP contribution in [0.4, 0.5) is 5.82 Å². The number of aliphatic hydroxyl groups is 1. The van der Waals surface area contributed by atoms with Crippen molar-refractivity contribution in [2.45, 2.75) is 25.9 Å². The molecule has 3 heterocycles. The van der Waals surface area contributed by atoms with Gasteiger partial charge in [-0.05, 0) is 43.5 Å². The molecule has 1 fully saturated rings. The van der Waals surface area contributed by atoms with Crippen LogP contribution in [0.2, 0.25) is 0 Å². The van der Waals surface area contributed by atoms with E-state index in [2.05, 4.69) is 15.0 Å². The van der Waals surface area contributed by atoms with Crippen LogP contribution < -0.4 is 9.64 Å². The zero-order chi connectivity index (χ0) is 20.6. The Balaban J connectivity index is 1.73. The number of benzene rings is 1. The number of carbonyl (C=O) groups is 1. The number of carboxylic acid groups (broad SMARTS) is 1. The number of anilines is 1. The third-order valence-electron chi connectivity index (χ3n) is 5.66. The van der Waals surface area contributed by atoms with E-state index in [0.717, 1.165) is 16.6 Å². The first-order valence-electron chi connectivity index (χ1n) is 9.54. The van der Waals surface area contributed by atoms with E-state index in [1.54, 1.807) is 13.3 Å². The van der Waals surface area contributed by atoms with Crippen LogP contribution in [0.1, 0.15) is 17.8 Å². The van der Waals surface area contributed by atoms with Gasteiger partial charge < -0.3 is 24.8 Å². The molecule has 3 N–H and O–H groups in total. The predicted octanol–water partition coefficient (Wildman–Crippen LogP) is 2.16. The molecule has 1 aliphatic heterocycles. The first-order chi connectivity index (χ1) is 13.9. The number of fused-ring (bicyclic) bond motifs is 1. The Labute approximate surface area is 168 Å². The number of aliphatic hydroxyl groups excluding tert-OH is 1. The molecule has 0 spiro atoms. The molecule has 8 heteroatoms. The molecule has 2 aromatic heterocycles. The standard InChI is InChI=1S/C21H24N4O4/c1-13-23-16-6-8-22-18(16)19(24-13)25-9-7-17(26)21(12-25,20(27)28)11-14-4-3-5-15(10-14)29-2/h3-6,8,10,17,22,26H,7,9,11-12H2,1-2H3,(H,27,28)/t17-,21+/m0/s1. The maximum Gasteiger partial charge on any atom is 0.314 e. The zero-order valence-corrected chi connectivity index (χ0v) is 16.4. The number of piperidine rings is 1. The minimum atomic E-state index is -1.36. The van der Waals surface area contributed by atoms with Gasteiger partial charge in [-0.2, -0.15) is 0 Å². The number of methoxy groups -OCH3 is 1. The zero-order valence-electron chi connectivity index (χ0n) is 16.4. The van der Waals surface area contributed by atoms with Crippen LogP contribution in [0, 0.1) is 12.3 Å². The third-order valence-corrected chi connectivity index (χ3v) is 5.66. The molecule has 0 bridgehead atoms. The van der Waals surface area contributed by atoms with Crippen molar-refractivity contribution in [3.8, 4) is 5.75 Å². The third kappa shape index (κ3) is 3.40. The molecule has 1 aromatic carbocycles. The van der Waals surface area contributed by atoms with Gasteiger partial charge in [-0.3, -0.25) is 4.79 Å². The van der Waals surface area contributed by atoms with Crippen LogP contribution >= 0.6 is 0 Å². The van der Waals surface area contributed by atoms with Crippen LogP contribution in [0.5, 0.6) is 5.75 Å². The van der Waals surface area contributed by atoms with Gasteiger partial charge in [0.25, 0.3) is 0 Å². The minimum Gasteiger partial charge on any atom is -0.497 e. The number of ether oxygens (including phenoxy) is 1. The second-order valence-electron chi connectivity index (χ2n) is 7.55. The summed E-state index contributed by atoms with van der Waals surface area (Å²) in [5.41, 5.74) is 0.999. The fraction of sp³-hybridized carbons (Fsp3) is 0.381. The molecule has 8 nitrogen and oxygen atoms in total. The summed E-state index contributed by atoms with van der Waals surface area (Å²) in [7, 11) is 1.57. The number of aryl methyl sites for hydroxylation is 1. The lowest BCUT2D eigenvalue weighted by atomic mass is 9.72. The van der Waals surface area contributed by atoms with Crippen LogP contribution in [0.15, 0.2) is 36.5 Å². The fourth-order valence-corrected chi connectivity index (χ4v) is 4.14. The summed E-state index contributed by atoms with van der Waals surface area (Å²) in [4.78, 5) is 26.5. The number of aromatic amines is 1. The topological polar surface area (TPSA) is 112 Å². The average molecular weight is 396 g/mol. The summed E-state index contributed by atoms with van der Waals surface area (Å²) in [5.74, 6) is 0.920. The van der Waals surface area contributed by atoms with Gasteiger partial charge in [-0.1, -0.05) is 12.1 Å². The van der Waals surface area contributed by atoms with Gasteiger partial charge in [0.15, 0.2) is 5.82 Å². The number of H-pyrrole nitrogens is 1. The van der Waals surface area contributed by atoms with Gasteiger partial charge in [0.05, 0.1) is 18.7 Å². The Morgan fingerprint density at radius 3 is 2.97 bits per heavy atom. The Morgan fingerprint density at radius 1 is 1.38 bits per heavy atom. The number of nitrogens with one attached hydrogen (secondary N) is 1. The SMILES string of the molecule is COc1cccc(C[C@@]2(C(=O)O)CN(c3nc(C)nc4cc[nH]c34)CC[C@@H]2O)c1. The van der Waals surface area contributed by atoms with E-state index >= 15 is 0 Å². The summed E-state index contributed by atoms with van der Waals surface area (Å²) in [5, 5.41) is 21.0. The number of hydrogen-bond acceptors (Lipinski definition) is 6. The van der Waals surface area contributed by atoms with Crippen molar-refractivity contribution < 1.29 is 19.7 Å². The molecule has 1 aliphatic rings. The second-order valence-corrected chi connectivity index (χ2v) is 7.55. The van der Waals surface area contributed by atoms with Crippen molar-refractivity contribution in [2.24, 2.45) is 5.41 Å². The first-order valence-corrected chi connectivity index (χ1v) is 9.54. The van der Waals surface area contributed by atoms with E-state index in [1.165, 1.54) is 0 Å². The van der Waals surface area contributed by atoms with Crippen molar-refractivity contribution in [3.05, 3.63) is 47.9 Å². The minimum absolute atomic E-state index is 0.144. The quantitative estimate of drug-likeness (QED) is 0.606. The molecule has 1 saturated heterocycles. The maximum absolute atomic E-state index is 12.4. The van der Waals surface area contributed by atoms with E-state index in [0.29, 0.717) is 30.4 Å². The molecular weight excluding hydrogens is 372 g/mol. The van der Waals surface area contributed by atoms with Crippen molar-refractivity contribution in [2.75, 3.05) is 25.1 Å². The summed E-state index contributed by atoms with van der Waals surface area (Å²) in [6.07, 6.45) is 1.35. The predicted molar refractivity (Wildman–Crippen MR) is 108 cm³/mol. The van der Waals surface area contributed by atoms with Gasteiger partial charge in [-0.15, -0.1) is 0 Å². The molecule has 3 aromatic rings. The first kappa shape index (κ1) is 19.2. The van der Waals surface area contributed by atoms with Crippen molar-refractivity contribution in [3.63, 3.8) is 0 Å². The largest absolute Gasteiger partial charge is 0.497 e. The Bertz CT molecular complexity index is 1050. The second kappa shape index (κ2) is 7.36. The summed E-state index contributed by atoms with van der Waals surface area (Å²) < 4.78 is 5.27. The molecule has 2 atom stereocenters. The van der Waals surface area contributed by atoms with Gasteiger partial charge in [0, 0.05) is 19.3 Å². The van der Waals surface area contributed by atoms with Crippen molar-refractivity contribution >= 4 is 22.8 Å². The fourth-order valence-electron chi connectivity index (χ4n) is 4.14. The van der Waals surface area contributed by atoms with E-state index in [1.807, 2.05) is 42.2 Å². The number of nitrogens with zero attached hydrogens (tertiary/aromatic N) is 3. The van der Waals surface area contributed by atoms with Crippen molar-refractivity contribution in [1.29, 1.82) is 0 Å². The van der Waals surface area contributed by atoms with Gasteiger partial charge in [-0.25, -0.2) is 9.97 Å². The monoisotopic (exact) mass is 396 g/mol. The molecule has 0 aliphatic carbocycles. The number of hydrogen-bond donors (Lipinski definition) is 3. The highest BCUT2D eigenvalue weighted by Crippen LogP contribution is 2.38. The van der Waals surface area contributed by atoms with E-state index in [9.17, 15) is 15.0 Å². The Morgan fingerprint density at radius 2 is 2.21 bits per heavy atom. The molecule has 0 radical (unpaired) electrons. The highest BCUT2D eigenvalue weighted by atomic mass is 16.5. The Hall–Kier alpha value is -3.13. The number of carboxylic acids is 1. The lowest BCUT2D eigenvalue weighted by molar-refractivity contribution is -0.157. The number of aromatic nitrogens is 3. The van der Waals surface area contributed by atoms with Crippen LogP contribution in [-0.4, -0.2) is 57.4 Å². The highest BCUT2D eigenvalue weighted by molar-refractivity contribution is 5.87. The van der Waals surface area contributed by atoms with E-state index < -0.39 is 17.5 Å². The molecule has 29 heavy (non-hydrogen) atoms. The smallest absolute Gasteiger partial charge is 0.314 e. The van der Waals surface area contributed by atoms with Gasteiger partial charge in [0.2, 0.25) is 0 Å². The maximum atomic E-state index is 12.4. The molecule has 0 unspecified atom stereocenters. The van der Waals surface area contributed by atoms with Crippen LogP contribution in [-0.2, 0) is 11.2 Å². The normalized spacial score (nSPS) is 22.0. The van der Waals surface area contributed by atoms with Gasteiger partial charge >= 0.3 is 5.97 Å². The molecule has 0 saturated carbocycles. The van der Waals surface area contributed by atoms with E-state index in [4.69, 9.17) is 4.74 Å².